The number of hydrogen-bond acceptors (Lipinski definition) is 16. The number of rotatable bonds is 42. The van der Waals surface area contributed by atoms with E-state index in [1.165, 1.54) is 0 Å². The molecule has 16 nitrogen and oxygen atoms in total. The summed E-state index contributed by atoms with van der Waals surface area (Å²) in [6.45, 7) is 9.25. The van der Waals surface area contributed by atoms with Crippen molar-refractivity contribution in [2.24, 2.45) is 0 Å². The van der Waals surface area contributed by atoms with E-state index in [2.05, 4.69) is 98.6 Å². The Morgan fingerprint density at radius 2 is 0.746 bits per heavy atom. The van der Waals surface area contributed by atoms with Crippen LogP contribution in [0.15, 0.2) is 81.7 Å². The molecule has 0 amide bonds. The molecule has 394 valence electrons. The van der Waals surface area contributed by atoms with Crippen molar-refractivity contribution in [2.75, 3.05) is 173 Å². The van der Waals surface area contributed by atoms with Gasteiger partial charge in [0.1, 0.15) is 13.2 Å². The van der Waals surface area contributed by atoms with E-state index in [9.17, 15) is 0 Å². The largest absolute Gasteiger partial charge is 0.487 e. The molecule has 18 heteroatoms. The Balaban J connectivity index is 1.49. The summed E-state index contributed by atoms with van der Waals surface area (Å²) in [7, 11) is 3.29. The molecule has 0 aromatic heterocycles. The third kappa shape index (κ3) is 19.3. The summed E-state index contributed by atoms with van der Waals surface area (Å²) in [6.07, 6.45) is 0. The Morgan fingerprint density at radius 1 is 0.366 bits per heavy atom. The van der Waals surface area contributed by atoms with Crippen LogP contribution >= 0.6 is 31.9 Å². The molecule has 0 spiro atoms. The lowest BCUT2D eigenvalue weighted by atomic mass is 9.67. The number of halogens is 2. The molecule has 71 heavy (non-hydrogen) atoms. The maximum Gasteiger partial charge on any atom is 0.161 e. The van der Waals surface area contributed by atoms with Crippen molar-refractivity contribution in [1.82, 2.24) is 0 Å². The summed E-state index contributed by atoms with van der Waals surface area (Å²) in [5, 5.41) is 18.0. The van der Waals surface area contributed by atoms with E-state index in [-0.39, 0.29) is 33.0 Å². The van der Waals surface area contributed by atoms with Crippen molar-refractivity contribution >= 4 is 31.9 Å². The molecule has 0 radical (unpaired) electrons. The molecule has 0 aliphatic heterocycles. The van der Waals surface area contributed by atoms with E-state index in [4.69, 9.17) is 76.5 Å². The fourth-order valence-electron chi connectivity index (χ4n) is 7.89. The van der Waals surface area contributed by atoms with Crippen LogP contribution in [0, 0.1) is 0 Å². The molecule has 1 aliphatic rings. The van der Waals surface area contributed by atoms with Gasteiger partial charge in [-0.25, -0.2) is 0 Å². The van der Waals surface area contributed by atoms with Crippen molar-refractivity contribution in [3.63, 3.8) is 0 Å². The van der Waals surface area contributed by atoms with Crippen LogP contribution in [0.5, 0.6) is 11.5 Å². The lowest BCUT2D eigenvalue weighted by molar-refractivity contribution is 0.00160. The van der Waals surface area contributed by atoms with E-state index < -0.39 is 5.41 Å². The van der Waals surface area contributed by atoms with Gasteiger partial charge in [0.15, 0.2) is 11.5 Å². The lowest BCUT2D eigenvalue weighted by Gasteiger charge is -2.35. The summed E-state index contributed by atoms with van der Waals surface area (Å²) in [6, 6.07) is 25.6. The number of hydrogen-bond donors (Lipinski definition) is 2. The van der Waals surface area contributed by atoms with Crippen LogP contribution in [0.4, 0.5) is 0 Å². The second-order valence-corrected chi connectivity index (χ2v) is 17.7. The molecular weight excluding hydrogens is 1050 g/mol. The minimum absolute atomic E-state index is 0.0268. The van der Waals surface area contributed by atoms with E-state index >= 15 is 0 Å². The Labute approximate surface area is 435 Å². The second-order valence-electron chi connectivity index (χ2n) is 15.9. The highest BCUT2D eigenvalue weighted by Crippen LogP contribution is 2.58. The molecule has 0 unspecified atom stereocenters. The maximum atomic E-state index is 9.02. The first-order chi connectivity index (χ1) is 35.0. The SMILES string of the molecule is COCCOCCOCCOc1ccc(C2(c3ccc(COCCOCCOCCO)c(COCCOCCOCCO)c3)c3cc(Br)ccc3-c3ccc(Br)cc32)cc1OCCOCCOCCOC. The van der Waals surface area contributed by atoms with E-state index in [0.717, 1.165) is 53.5 Å². The molecular formula is C53H72Br2O16. The molecule has 1 aliphatic carbocycles. The van der Waals surface area contributed by atoms with E-state index in [1.807, 2.05) is 6.07 Å². The standard InChI is InChI=1S/C53H72Br2O16/c1-58-15-17-62-23-25-66-31-33-70-51-10-5-44(36-52(51)71-34-32-67-26-24-63-18-16-59-2)53(49-37-45(54)6-8-47(49)48-9-7-46(55)38-50(48)53)43-4-3-41(39-68-29-27-64-21-19-60-13-11-56)42(35-43)40-69-30-28-65-22-20-61-14-12-57/h3-10,35-38,56-57H,11-34,39-40H2,1-2H3. The predicted molar refractivity (Wildman–Crippen MR) is 274 cm³/mol. The summed E-state index contributed by atoms with van der Waals surface area (Å²) in [5.74, 6) is 1.13. The molecule has 0 saturated carbocycles. The predicted octanol–water partition coefficient (Wildman–Crippen LogP) is 6.78. The number of aliphatic hydroxyl groups is 2. The number of ether oxygens (including phenoxy) is 14. The van der Waals surface area contributed by atoms with Gasteiger partial charge in [0.2, 0.25) is 0 Å². The fourth-order valence-corrected chi connectivity index (χ4v) is 8.61. The maximum absolute atomic E-state index is 9.02. The topological polar surface area (TPSA) is 170 Å². The van der Waals surface area contributed by atoms with Crippen molar-refractivity contribution in [3.05, 3.63) is 115 Å². The first kappa shape index (κ1) is 58.8. The Hall–Kier alpha value is -3.12. The van der Waals surface area contributed by atoms with Gasteiger partial charge < -0.3 is 76.5 Å². The highest BCUT2D eigenvalue weighted by molar-refractivity contribution is 9.10. The van der Waals surface area contributed by atoms with Gasteiger partial charge in [-0.05, 0) is 80.9 Å². The Morgan fingerprint density at radius 3 is 1.21 bits per heavy atom. The number of aliphatic hydroxyl groups excluding tert-OH is 2. The van der Waals surface area contributed by atoms with Crippen molar-refractivity contribution in [2.45, 2.75) is 18.6 Å². The third-order valence-electron chi connectivity index (χ3n) is 11.1. The summed E-state index contributed by atoms with van der Waals surface area (Å²) in [5.41, 5.74) is 7.43. The fraction of sp³-hybridized carbons (Fsp3) is 0.547. The lowest BCUT2D eigenvalue weighted by Crippen LogP contribution is -2.29. The van der Waals surface area contributed by atoms with Crippen molar-refractivity contribution in [3.8, 4) is 22.6 Å². The van der Waals surface area contributed by atoms with Gasteiger partial charge in [0.25, 0.3) is 0 Å². The van der Waals surface area contributed by atoms with Crippen LogP contribution in [0.1, 0.15) is 33.4 Å². The third-order valence-corrected chi connectivity index (χ3v) is 12.1. The number of methoxy groups -OCH3 is 2. The normalized spacial score (nSPS) is 12.6. The zero-order valence-electron chi connectivity index (χ0n) is 41.2. The zero-order valence-corrected chi connectivity index (χ0v) is 44.4. The monoisotopic (exact) mass is 1120 g/mol. The van der Waals surface area contributed by atoms with Gasteiger partial charge in [-0.15, -0.1) is 0 Å². The molecule has 0 atom stereocenters. The molecule has 0 heterocycles. The van der Waals surface area contributed by atoms with Crippen LogP contribution in [0.2, 0.25) is 0 Å². The molecule has 0 bridgehead atoms. The first-order valence-corrected chi connectivity index (χ1v) is 25.7. The van der Waals surface area contributed by atoms with Gasteiger partial charge in [-0.3, -0.25) is 0 Å². The molecule has 0 fully saturated rings. The van der Waals surface area contributed by atoms with Crippen LogP contribution in [-0.4, -0.2) is 183 Å². The quantitative estimate of drug-likeness (QED) is 0.0392. The highest BCUT2D eigenvalue weighted by Gasteiger charge is 2.47. The minimum Gasteiger partial charge on any atom is -0.487 e. The van der Waals surface area contributed by atoms with Crippen LogP contribution in [0.25, 0.3) is 11.1 Å². The highest BCUT2D eigenvalue weighted by atomic mass is 79.9. The average molecular weight is 1120 g/mol. The number of benzene rings is 4. The molecule has 5 rings (SSSR count). The summed E-state index contributed by atoms with van der Waals surface area (Å²) in [4.78, 5) is 0. The zero-order chi connectivity index (χ0) is 50.2. The van der Waals surface area contributed by atoms with Gasteiger partial charge >= 0.3 is 0 Å². The summed E-state index contributed by atoms with van der Waals surface area (Å²) >= 11 is 7.68. The first-order valence-electron chi connectivity index (χ1n) is 24.1. The van der Waals surface area contributed by atoms with E-state index in [1.54, 1.807) is 14.2 Å². The van der Waals surface area contributed by atoms with Gasteiger partial charge in [-0.2, -0.15) is 0 Å². The van der Waals surface area contributed by atoms with Crippen LogP contribution < -0.4 is 9.47 Å². The van der Waals surface area contributed by atoms with E-state index in [0.29, 0.717) is 150 Å². The van der Waals surface area contributed by atoms with Crippen molar-refractivity contribution in [1.29, 1.82) is 0 Å². The van der Waals surface area contributed by atoms with Crippen molar-refractivity contribution < 1.29 is 76.5 Å². The average Bonchev–Trinajstić information content (AvgIpc) is 3.66. The van der Waals surface area contributed by atoms with Crippen LogP contribution in [0.3, 0.4) is 0 Å². The minimum atomic E-state index is -0.853. The smallest absolute Gasteiger partial charge is 0.161 e. The molecule has 4 aromatic rings. The molecule has 4 aromatic carbocycles. The Bertz CT molecular complexity index is 1930. The molecule has 2 N–H and O–H groups in total. The van der Waals surface area contributed by atoms with Gasteiger partial charge in [0, 0.05) is 23.2 Å². The second kappa shape index (κ2) is 35.1. The molecule has 0 saturated heterocycles. The van der Waals surface area contributed by atoms with Gasteiger partial charge in [0.05, 0.1) is 164 Å². The van der Waals surface area contributed by atoms with Crippen LogP contribution in [-0.2, 0) is 75.5 Å². The van der Waals surface area contributed by atoms with Gasteiger partial charge in [-0.1, -0.05) is 68.3 Å². The summed E-state index contributed by atoms with van der Waals surface area (Å²) < 4.78 is 82.4. The Kier molecular flexibility index (Phi) is 29.1. The number of fused-ring (bicyclic) bond motifs is 3.